The Kier molecular flexibility index (Phi) is 4.30. The summed E-state index contributed by atoms with van der Waals surface area (Å²) in [5.74, 6) is 5.58. The fourth-order valence-electron chi connectivity index (χ4n) is 2.30. The van der Waals surface area contributed by atoms with Gasteiger partial charge in [0.05, 0.1) is 23.7 Å². The highest BCUT2D eigenvalue weighted by Gasteiger charge is 2.33. The van der Waals surface area contributed by atoms with Crippen LogP contribution in [0.2, 0.25) is 0 Å². The van der Waals surface area contributed by atoms with Crippen molar-refractivity contribution in [2.75, 3.05) is 23.5 Å². The van der Waals surface area contributed by atoms with Gasteiger partial charge in [-0.25, -0.2) is 15.8 Å². The Labute approximate surface area is 116 Å². The van der Waals surface area contributed by atoms with Crippen LogP contribution in [0, 0.1) is 10.1 Å². The summed E-state index contributed by atoms with van der Waals surface area (Å²) in [6.07, 6.45) is 2.06. The number of aromatic nitrogens is 2. The van der Waals surface area contributed by atoms with Crippen LogP contribution in [0.5, 0.6) is 0 Å². The smallest absolute Gasteiger partial charge is 0.354 e. The number of nitrogens with two attached hydrogens (primary N) is 1. The highest BCUT2D eigenvalue weighted by atomic mass is 16.6. The van der Waals surface area contributed by atoms with Gasteiger partial charge >= 0.3 is 5.69 Å². The van der Waals surface area contributed by atoms with Gasteiger partial charge < -0.3 is 15.1 Å². The van der Waals surface area contributed by atoms with Crippen molar-refractivity contribution in [1.29, 1.82) is 0 Å². The molecule has 0 amide bonds. The van der Waals surface area contributed by atoms with Gasteiger partial charge in [-0.05, 0) is 13.3 Å². The molecule has 1 aliphatic rings. The van der Waals surface area contributed by atoms with E-state index in [0.717, 1.165) is 6.42 Å². The predicted molar refractivity (Wildman–Crippen MR) is 73.3 cm³/mol. The van der Waals surface area contributed by atoms with Crippen molar-refractivity contribution in [3.8, 4) is 0 Å². The first-order valence-electron chi connectivity index (χ1n) is 6.42. The maximum absolute atomic E-state index is 11.3. The lowest BCUT2D eigenvalue weighted by Crippen LogP contribution is -2.49. The molecule has 2 atom stereocenters. The maximum Gasteiger partial charge on any atom is 0.354 e. The molecule has 9 nitrogen and oxygen atoms in total. The number of hydrazine groups is 1. The summed E-state index contributed by atoms with van der Waals surface area (Å²) < 4.78 is 5.59. The minimum atomic E-state index is -0.516. The predicted octanol–water partition coefficient (Wildman–Crippen LogP) is 0.674. The van der Waals surface area contributed by atoms with E-state index in [1.807, 2.05) is 18.7 Å². The zero-order valence-corrected chi connectivity index (χ0v) is 11.4. The first kappa shape index (κ1) is 14.4. The minimum absolute atomic E-state index is 0.00833. The van der Waals surface area contributed by atoms with Gasteiger partial charge in [0.25, 0.3) is 0 Å². The Bertz CT molecular complexity index is 497. The third kappa shape index (κ3) is 2.63. The summed E-state index contributed by atoms with van der Waals surface area (Å²) in [6, 6.07) is 0.0467. The minimum Gasteiger partial charge on any atom is -0.375 e. The topological polar surface area (TPSA) is 119 Å². The van der Waals surface area contributed by atoms with Crippen LogP contribution in [-0.2, 0) is 4.74 Å². The maximum atomic E-state index is 11.3. The second-order valence-corrected chi connectivity index (χ2v) is 4.65. The molecule has 3 N–H and O–H groups in total. The molecular formula is C11H18N6O3. The zero-order valence-electron chi connectivity index (χ0n) is 11.4. The Morgan fingerprint density at radius 1 is 1.65 bits per heavy atom. The van der Waals surface area contributed by atoms with Crippen LogP contribution in [0.15, 0.2) is 6.33 Å². The first-order chi connectivity index (χ1) is 9.58. The largest absolute Gasteiger partial charge is 0.375 e. The van der Waals surface area contributed by atoms with Gasteiger partial charge in [-0.2, -0.15) is 0 Å². The monoisotopic (exact) mass is 282 g/mol. The Balaban J connectivity index is 2.46. The van der Waals surface area contributed by atoms with Gasteiger partial charge in [0.1, 0.15) is 6.33 Å². The molecule has 1 saturated heterocycles. The lowest BCUT2D eigenvalue weighted by atomic mass is 10.1. The zero-order chi connectivity index (χ0) is 14.7. The number of nitrogen functional groups attached to an aromatic ring is 1. The third-order valence-electron chi connectivity index (χ3n) is 3.33. The van der Waals surface area contributed by atoms with Gasteiger partial charge in [-0.15, -0.1) is 0 Å². The van der Waals surface area contributed by atoms with Crippen LogP contribution in [-0.4, -0.2) is 40.2 Å². The molecule has 0 spiro atoms. The van der Waals surface area contributed by atoms with Crippen molar-refractivity contribution < 1.29 is 9.66 Å². The molecule has 9 heteroatoms. The Morgan fingerprint density at radius 3 is 3.00 bits per heavy atom. The van der Waals surface area contributed by atoms with Crippen LogP contribution in [0.25, 0.3) is 0 Å². The van der Waals surface area contributed by atoms with Crippen molar-refractivity contribution in [1.82, 2.24) is 9.97 Å². The molecule has 2 rings (SSSR count). The lowest BCUT2D eigenvalue weighted by molar-refractivity contribution is -0.383. The van der Waals surface area contributed by atoms with Gasteiger partial charge in [0, 0.05) is 6.54 Å². The second-order valence-electron chi connectivity index (χ2n) is 4.65. The molecule has 2 unspecified atom stereocenters. The number of anilines is 2. The molecule has 0 radical (unpaired) electrons. The number of nitro groups is 1. The Hall–Kier alpha value is -2.00. The van der Waals surface area contributed by atoms with E-state index >= 15 is 0 Å². The molecule has 20 heavy (non-hydrogen) atoms. The number of morpholine rings is 1. The van der Waals surface area contributed by atoms with E-state index in [1.54, 1.807) is 0 Å². The normalized spacial score (nSPS) is 22.6. The molecule has 0 saturated carbocycles. The molecule has 0 bridgehead atoms. The van der Waals surface area contributed by atoms with Crippen LogP contribution < -0.4 is 16.2 Å². The van der Waals surface area contributed by atoms with Gasteiger partial charge in [0.2, 0.25) is 11.6 Å². The first-order valence-corrected chi connectivity index (χ1v) is 6.42. The molecule has 1 aromatic rings. The van der Waals surface area contributed by atoms with E-state index < -0.39 is 4.92 Å². The number of hydrogen-bond acceptors (Lipinski definition) is 8. The average molecular weight is 282 g/mol. The third-order valence-corrected chi connectivity index (χ3v) is 3.33. The quantitative estimate of drug-likeness (QED) is 0.470. The summed E-state index contributed by atoms with van der Waals surface area (Å²) in [4.78, 5) is 20.6. The molecule has 0 aromatic carbocycles. The van der Waals surface area contributed by atoms with Gasteiger partial charge in [0.15, 0.2) is 0 Å². The van der Waals surface area contributed by atoms with E-state index in [9.17, 15) is 10.1 Å². The summed E-state index contributed by atoms with van der Waals surface area (Å²) in [5, 5.41) is 11.3. The molecule has 1 fully saturated rings. The number of ether oxygens (including phenoxy) is 1. The highest BCUT2D eigenvalue weighted by molar-refractivity contribution is 5.70. The van der Waals surface area contributed by atoms with Crippen molar-refractivity contribution in [2.24, 2.45) is 5.84 Å². The number of nitrogens with zero attached hydrogens (tertiary/aromatic N) is 4. The summed E-state index contributed by atoms with van der Waals surface area (Å²) >= 11 is 0. The SMILES string of the molecule is CCC1COC(C)CN1c1ncnc(NN)c1[N+](=O)[O-]. The lowest BCUT2D eigenvalue weighted by Gasteiger charge is -2.38. The van der Waals surface area contributed by atoms with E-state index in [2.05, 4.69) is 15.4 Å². The molecule has 1 aliphatic heterocycles. The van der Waals surface area contributed by atoms with Crippen LogP contribution >= 0.6 is 0 Å². The van der Waals surface area contributed by atoms with E-state index in [-0.39, 0.29) is 29.5 Å². The van der Waals surface area contributed by atoms with Gasteiger partial charge in [-0.1, -0.05) is 6.92 Å². The van der Waals surface area contributed by atoms with Crippen LogP contribution in [0.3, 0.4) is 0 Å². The number of rotatable bonds is 4. The summed E-state index contributed by atoms with van der Waals surface area (Å²) in [5.41, 5.74) is 2.04. The molecular weight excluding hydrogens is 264 g/mol. The van der Waals surface area contributed by atoms with Crippen molar-refractivity contribution >= 4 is 17.3 Å². The van der Waals surface area contributed by atoms with E-state index in [1.165, 1.54) is 6.33 Å². The Morgan fingerprint density at radius 2 is 2.40 bits per heavy atom. The van der Waals surface area contributed by atoms with Crippen molar-refractivity contribution in [3.63, 3.8) is 0 Å². The number of nitrogens with one attached hydrogen (secondary N) is 1. The molecule has 1 aromatic heterocycles. The van der Waals surface area contributed by atoms with Crippen molar-refractivity contribution in [3.05, 3.63) is 16.4 Å². The van der Waals surface area contributed by atoms with Crippen molar-refractivity contribution in [2.45, 2.75) is 32.4 Å². The van der Waals surface area contributed by atoms with Crippen LogP contribution in [0.1, 0.15) is 20.3 Å². The highest BCUT2D eigenvalue weighted by Crippen LogP contribution is 2.34. The average Bonchev–Trinajstić information content (AvgIpc) is 2.46. The van der Waals surface area contributed by atoms with E-state index in [4.69, 9.17) is 10.6 Å². The number of hydrogen-bond donors (Lipinski definition) is 2. The molecule has 110 valence electrons. The van der Waals surface area contributed by atoms with E-state index in [0.29, 0.717) is 13.2 Å². The molecule has 2 heterocycles. The molecule has 0 aliphatic carbocycles. The fourth-order valence-corrected chi connectivity index (χ4v) is 2.30. The standard InChI is InChI=1S/C11H18N6O3/c1-3-8-5-20-7(2)4-16(8)11-9(17(18)19)10(15-12)13-6-14-11/h6-8H,3-5,12H2,1-2H3,(H,13,14,15). The summed E-state index contributed by atoms with van der Waals surface area (Å²) in [7, 11) is 0. The van der Waals surface area contributed by atoms with Crippen LogP contribution in [0.4, 0.5) is 17.3 Å². The fraction of sp³-hybridized carbons (Fsp3) is 0.636. The van der Waals surface area contributed by atoms with Gasteiger partial charge in [-0.3, -0.25) is 10.1 Å². The second kappa shape index (κ2) is 5.97. The summed E-state index contributed by atoms with van der Waals surface area (Å²) in [6.45, 7) is 4.99.